The lowest BCUT2D eigenvalue weighted by Crippen LogP contribution is -2.08. The van der Waals surface area contributed by atoms with Crippen LogP contribution < -0.4 is 5.32 Å². The Kier molecular flexibility index (Phi) is 4.30. The molecule has 4 rings (SSSR count). The molecule has 1 N–H and O–H groups in total. The number of aryl methyl sites for hydroxylation is 2. The molecule has 2 heterocycles. The average Bonchev–Trinajstić information content (AvgIpc) is 3.30. The van der Waals surface area contributed by atoms with Gasteiger partial charge in [-0.05, 0) is 61.9 Å². The Balaban J connectivity index is 1.59. The first-order valence-corrected chi connectivity index (χ1v) is 8.56. The third-order valence-electron chi connectivity index (χ3n) is 4.19. The minimum absolute atomic E-state index is 0.236. The molecule has 0 saturated carbocycles. The number of hydrogen-bond acceptors (Lipinski definition) is 4. The van der Waals surface area contributed by atoms with Gasteiger partial charge in [0.25, 0.3) is 0 Å². The molecule has 0 aliphatic rings. The zero-order valence-electron chi connectivity index (χ0n) is 15.0. The number of amides is 1. The minimum atomic E-state index is -0.236. The van der Waals surface area contributed by atoms with Crippen LogP contribution in [0, 0.1) is 13.8 Å². The van der Waals surface area contributed by atoms with Crippen molar-refractivity contribution in [2.45, 2.75) is 13.8 Å². The SMILES string of the molecule is Cc1ccc(-n2nc3cc(C)c(NC(=O)/C=C/c4ccco4)cc3n2)cc1. The highest BCUT2D eigenvalue weighted by Crippen LogP contribution is 2.22. The van der Waals surface area contributed by atoms with E-state index in [2.05, 4.69) is 15.5 Å². The van der Waals surface area contributed by atoms with Crippen molar-refractivity contribution in [2.24, 2.45) is 0 Å². The monoisotopic (exact) mass is 358 g/mol. The van der Waals surface area contributed by atoms with Crippen molar-refractivity contribution in [3.8, 4) is 5.69 Å². The molecule has 2 aromatic carbocycles. The number of nitrogens with zero attached hydrogens (tertiary/aromatic N) is 3. The number of aromatic nitrogens is 3. The molecule has 0 unspecified atom stereocenters. The van der Waals surface area contributed by atoms with E-state index in [0.717, 1.165) is 16.8 Å². The molecule has 134 valence electrons. The van der Waals surface area contributed by atoms with Crippen LogP contribution in [0.25, 0.3) is 22.8 Å². The number of rotatable bonds is 4. The average molecular weight is 358 g/mol. The quantitative estimate of drug-likeness (QED) is 0.553. The van der Waals surface area contributed by atoms with E-state index in [-0.39, 0.29) is 5.91 Å². The molecule has 0 aliphatic carbocycles. The maximum absolute atomic E-state index is 12.2. The normalized spacial score (nSPS) is 11.3. The molecule has 0 fully saturated rings. The van der Waals surface area contributed by atoms with Gasteiger partial charge in [0.1, 0.15) is 16.8 Å². The molecule has 0 radical (unpaired) electrons. The summed E-state index contributed by atoms with van der Waals surface area (Å²) in [7, 11) is 0. The maximum Gasteiger partial charge on any atom is 0.248 e. The number of carbonyl (C=O) groups is 1. The van der Waals surface area contributed by atoms with Crippen LogP contribution in [-0.2, 0) is 4.79 Å². The Morgan fingerprint density at radius 1 is 1.07 bits per heavy atom. The van der Waals surface area contributed by atoms with E-state index in [9.17, 15) is 4.79 Å². The van der Waals surface area contributed by atoms with Crippen LogP contribution in [0.1, 0.15) is 16.9 Å². The van der Waals surface area contributed by atoms with Gasteiger partial charge in [0.2, 0.25) is 5.91 Å². The van der Waals surface area contributed by atoms with Gasteiger partial charge in [0.05, 0.1) is 12.0 Å². The van der Waals surface area contributed by atoms with Crippen molar-refractivity contribution in [3.05, 3.63) is 77.8 Å². The minimum Gasteiger partial charge on any atom is -0.465 e. The fourth-order valence-electron chi connectivity index (χ4n) is 2.71. The van der Waals surface area contributed by atoms with Crippen molar-refractivity contribution >= 4 is 28.7 Å². The van der Waals surface area contributed by atoms with Crippen LogP contribution in [0.4, 0.5) is 5.69 Å². The number of nitrogens with one attached hydrogen (secondary N) is 1. The van der Waals surface area contributed by atoms with E-state index in [1.54, 1.807) is 29.3 Å². The zero-order chi connectivity index (χ0) is 18.8. The first-order chi connectivity index (χ1) is 13.1. The van der Waals surface area contributed by atoms with E-state index in [1.165, 1.54) is 11.6 Å². The van der Waals surface area contributed by atoms with Crippen LogP contribution in [0.15, 0.2) is 65.3 Å². The number of benzene rings is 2. The summed E-state index contributed by atoms with van der Waals surface area (Å²) in [6, 6.07) is 15.3. The number of furan rings is 1. The van der Waals surface area contributed by atoms with E-state index in [1.807, 2.05) is 50.2 Å². The highest BCUT2D eigenvalue weighted by molar-refractivity contribution is 6.03. The number of hydrogen-bond donors (Lipinski definition) is 1. The fraction of sp³-hybridized carbons (Fsp3) is 0.0952. The predicted molar refractivity (Wildman–Crippen MR) is 105 cm³/mol. The second-order valence-corrected chi connectivity index (χ2v) is 6.32. The Bertz CT molecular complexity index is 1120. The number of carbonyl (C=O) groups excluding carboxylic acids is 1. The van der Waals surface area contributed by atoms with Crippen LogP contribution >= 0.6 is 0 Å². The molecule has 0 atom stereocenters. The lowest BCUT2D eigenvalue weighted by atomic mass is 10.1. The van der Waals surface area contributed by atoms with E-state index >= 15 is 0 Å². The van der Waals surface area contributed by atoms with E-state index in [0.29, 0.717) is 17.0 Å². The highest BCUT2D eigenvalue weighted by atomic mass is 16.3. The van der Waals surface area contributed by atoms with Crippen molar-refractivity contribution in [3.63, 3.8) is 0 Å². The van der Waals surface area contributed by atoms with Crippen LogP contribution in [-0.4, -0.2) is 20.9 Å². The van der Waals surface area contributed by atoms with E-state index < -0.39 is 0 Å². The highest BCUT2D eigenvalue weighted by Gasteiger charge is 2.10. The van der Waals surface area contributed by atoms with Crippen LogP contribution in [0.3, 0.4) is 0 Å². The topological polar surface area (TPSA) is 73.0 Å². The lowest BCUT2D eigenvalue weighted by Gasteiger charge is -2.05. The summed E-state index contributed by atoms with van der Waals surface area (Å²) in [5.41, 5.74) is 5.18. The third kappa shape index (κ3) is 3.64. The Hall–Kier alpha value is -3.67. The summed E-state index contributed by atoms with van der Waals surface area (Å²) in [5, 5.41) is 11.9. The van der Waals surface area contributed by atoms with Gasteiger partial charge in [-0.15, -0.1) is 10.2 Å². The lowest BCUT2D eigenvalue weighted by molar-refractivity contribution is -0.111. The van der Waals surface area contributed by atoms with Crippen LogP contribution in [0.5, 0.6) is 0 Å². The molecule has 6 heteroatoms. The van der Waals surface area contributed by atoms with E-state index in [4.69, 9.17) is 4.42 Å². The number of anilines is 1. The van der Waals surface area contributed by atoms with Crippen molar-refractivity contribution in [2.75, 3.05) is 5.32 Å². The van der Waals surface area contributed by atoms with Gasteiger partial charge in [-0.25, -0.2) is 0 Å². The van der Waals surface area contributed by atoms with Gasteiger partial charge in [-0.3, -0.25) is 4.79 Å². The van der Waals surface area contributed by atoms with Crippen molar-refractivity contribution in [1.29, 1.82) is 0 Å². The fourth-order valence-corrected chi connectivity index (χ4v) is 2.71. The number of fused-ring (bicyclic) bond motifs is 1. The van der Waals surface area contributed by atoms with Gasteiger partial charge in [0, 0.05) is 11.8 Å². The standard InChI is InChI=1S/C21H18N4O2/c1-14-5-7-16(8-6-14)25-23-19-12-15(2)18(13-20(19)24-25)22-21(26)10-9-17-4-3-11-27-17/h3-13H,1-2H3,(H,22,26)/b10-9+. The van der Waals surface area contributed by atoms with Gasteiger partial charge >= 0.3 is 0 Å². The summed E-state index contributed by atoms with van der Waals surface area (Å²) in [6.07, 6.45) is 4.62. The molecule has 2 aromatic heterocycles. The smallest absolute Gasteiger partial charge is 0.248 e. The van der Waals surface area contributed by atoms with Crippen molar-refractivity contribution < 1.29 is 9.21 Å². The van der Waals surface area contributed by atoms with Crippen LogP contribution in [0.2, 0.25) is 0 Å². The maximum atomic E-state index is 12.2. The molecule has 0 saturated heterocycles. The Morgan fingerprint density at radius 2 is 1.81 bits per heavy atom. The molecular weight excluding hydrogens is 340 g/mol. The third-order valence-corrected chi connectivity index (χ3v) is 4.19. The molecular formula is C21H18N4O2. The summed E-state index contributed by atoms with van der Waals surface area (Å²) in [6.45, 7) is 3.96. The summed E-state index contributed by atoms with van der Waals surface area (Å²) < 4.78 is 5.18. The Labute approximate surface area is 156 Å². The van der Waals surface area contributed by atoms with Gasteiger partial charge < -0.3 is 9.73 Å². The molecule has 4 aromatic rings. The summed E-state index contributed by atoms with van der Waals surface area (Å²) in [4.78, 5) is 13.8. The Morgan fingerprint density at radius 3 is 2.52 bits per heavy atom. The summed E-state index contributed by atoms with van der Waals surface area (Å²) in [5.74, 6) is 0.387. The molecule has 6 nitrogen and oxygen atoms in total. The zero-order valence-corrected chi connectivity index (χ0v) is 15.0. The second-order valence-electron chi connectivity index (χ2n) is 6.32. The molecule has 1 amide bonds. The molecule has 0 aliphatic heterocycles. The summed E-state index contributed by atoms with van der Waals surface area (Å²) >= 11 is 0. The van der Waals surface area contributed by atoms with Crippen molar-refractivity contribution in [1.82, 2.24) is 15.0 Å². The van der Waals surface area contributed by atoms with Gasteiger partial charge in [-0.2, -0.15) is 4.80 Å². The van der Waals surface area contributed by atoms with Gasteiger partial charge in [-0.1, -0.05) is 17.7 Å². The first kappa shape index (κ1) is 16.8. The van der Waals surface area contributed by atoms with Gasteiger partial charge in [0.15, 0.2) is 0 Å². The molecule has 0 bridgehead atoms. The predicted octanol–water partition coefficient (Wildman–Crippen LogP) is 4.28. The molecule has 0 spiro atoms. The molecule has 27 heavy (non-hydrogen) atoms. The second kappa shape index (κ2) is 6.92. The first-order valence-electron chi connectivity index (χ1n) is 8.56. The largest absolute Gasteiger partial charge is 0.465 e.